The maximum Gasteiger partial charge on any atom is 0.245 e. The lowest BCUT2D eigenvalue weighted by molar-refractivity contribution is 0.245. The Morgan fingerprint density at radius 1 is 1.61 bits per heavy atom. The third kappa shape index (κ3) is 3.99. The van der Waals surface area contributed by atoms with E-state index in [0.717, 1.165) is 0 Å². The highest BCUT2D eigenvalue weighted by Gasteiger charge is 2.24. The van der Waals surface area contributed by atoms with Crippen molar-refractivity contribution < 1.29 is 17.9 Å². The first-order chi connectivity index (χ1) is 8.44. The standard InChI is InChI=1S/C10H16BrNO4S2/c1-3-7(6-17-2)12-18(14,15)9-4-8(5-13)16-10(9)11/h4,7,12-13H,3,5-6H2,1-2H3. The van der Waals surface area contributed by atoms with E-state index >= 15 is 0 Å². The first-order valence-electron chi connectivity index (χ1n) is 5.35. The third-order valence-electron chi connectivity index (χ3n) is 2.33. The molecule has 0 aliphatic heterocycles. The average molecular weight is 358 g/mol. The minimum atomic E-state index is -3.63. The van der Waals surface area contributed by atoms with Gasteiger partial charge < -0.3 is 9.52 Å². The van der Waals surface area contributed by atoms with Gasteiger partial charge in [-0.25, -0.2) is 13.1 Å². The lowest BCUT2D eigenvalue weighted by Gasteiger charge is -2.15. The van der Waals surface area contributed by atoms with E-state index in [4.69, 9.17) is 9.52 Å². The van der Waals surface area contributed by atoms with Crippen LogP contribution in [-0.4, -0.2) is 31.6 Å². The van der Waals surface area contributed by atoms with Crippen LogP contribution in [0.15, 0.2) is 20.0 Å². The highest BCUT2D eigenvalue weighted by atomic mass is 79.9. The minimum absolute atomic E-state index is 0.0195. The molecular weight excluding hydrogens is 342 g/mol. The highest BCUT2D eigenvalue weighted by Crippen LogP contribution is 2.26. The van der Waals surface area contributed by atoms with Gasteiger partial charge in [-0.05, 0) is 28.6 Å². The molecule has 0 aromatic carbocycles. The first-order valence-corrected chi connectivity index (χ1v) is 9.02. The second kappa shape index (κ2) is 6.95. The lowest BCUT2D eigenvalue weighted by atomic mass is 10.3. The van der Waals surface area contributed by atoms with Crippen LogP contribution in [0.4, 0.5) is 0 Å². The van der Waals surface area contributed by atoms with Gasteiger partial charge in [0.05, 0.1) is 0 Å². The molecule has 1 rings (SSSR count). The summed E-state index contributed by atoms with van der Waals surface area (Å²) in [6, 6.07) is 1.20. The highest BCUT2D eigenvalue weighted by molar-refractivity contribution is 9.10. The molecule has 2 N–H and O–H groups in total. The van der Waals surface area contributed by atoms with Gasteiger partial charge in [-0.3, -0.25) is 0 Å². The van der Waals surface area contributed by atoms with E-state index in [-0.39, 0.29) is 28.0 Å². The summed E-state index contributed by atoms with van der Waals surface area (Å²) in [5, 5.41) is 8.92. The topological polar surface area (TPSA) is 79.5 Å². The van der Waals surface area contributed by atoms with Gasteiger partial charge in [0.1, 0.15) is 17.3 Å². The van der Waals surface area contributed by atoms with Crippen molar-refractivity contribution >= 4 is 37.7 Å². The first kappa shape index (κ1) is 16.0. The van der Waals surface area contributed by atoms with Crippen molar-refractivity contribution in [2.45, 2.75) is 30.9 Å². The van der Waals surface area contributed by atoms with Crippen molar-refractivity contribution in [2.24, 2.45) is 0 Å². The van der Waals surface area contributed by atoms with Gasteiger partial charge >= 0.3 is 0 Å². The second-order valence-electron chi connectivity index (χ2n) is 3.69. The summed E-state index contributed by atoms with van der Waals surface area (Å²) in [4.78, 5) is 0.0195. The van der Waals surface area contributed by atoms with Gasteiger partial charge in [-0.2, -0.15) is 11.8 Å². The zero-order valence-electron chi connectivity index (χ0n) is 10.1. The summed E-state index contributed by atoms with van der Waals surface area (Å²) in [5.41, 5.74) is 0. The molecule has 0 saturated heterocycles. The number of aliphatic hydroxyl groups is 1. The van der Waals surface area contributed by atoms with Crippen LogP contribution >= 0.6 is 27.7 Å². The molecule has 0 fully saturated rings. The largest absolute Gasteiger partial charge is 0.450 e. The van der Waals surface area contributed by atoms with E-state index in [2.05, 4.69) is 20.7 Å². The Hall–Kier alpha value is -0.0200. The summed E-state index contributed by atoms with van der Waals surface area (Å²) < 4.78 is 32.1. The number of thioether (sulfide) groups is 1. The molecule has 0 saturated carbocycles. The fourth-order valence-corrected chi connectivity index (χ4v) is 4.52. The Morgan fingerprint density at radius 2 is 2.28 bits per heavy atom. The van der Waals surface area contributed by atoms with Crippen molar-refractivity contribution in [3.05, 3.63) is 16.5 Å². The lowest BCUT2D eigenvalue weighted by Crippen LogP contribution is -2.36. The quantitative estimate of drug-likeness (QED) is 0.779. The molecule has 0 bridgehead atoms. The number of hydrogen-bond acceptors (Lipinski definition) is 5. The van der Waals surface area contributed by atoms with Gasteiger partial charge in [-0.15, -0.1) is 0 Å². The maximum absolute atomic E-state index is 12.1. The number of sulfonamides is 1. The maximum atomic E-state index is 12.1. The van der Waals surface area contributed by atoms with Crippen LogP contribution in [0.25, 0.3) is 0 Å². The van der Waals surface area contributed by atoms with Crippen molar-refractivity contribution in [1.82, 2.24) is 4.72 Å². The molecule has 18 heavy (non-hydrogen) atoms. The van der Waals surface area contributed by atoms with Crippen molar-refractivity contribution in [1.29, 1.82) is 0 Å². The van der Waals surface area contributed by atoms with Gasteiger partial charge in [0.15, 0.2) is 4.67 Å². The fourth-order valence-electron chi connectivity index (χ4n) is 1.38. The van der Waals surface area contributed by atoms with Crippen LogP contribution in [0, 0.1) is 0 Å². The van der Waals surface area contributed by atoms with E-state index in [9.17, 15) is 8.42 Å². The molecule has 8 heteroatoms. The molecular formula is C10H16BrNO4S2. The Morgan fingerprint density at radius 3 is 2.72 bits per heavy atom. The van der Waals surface area contributed by atoms with Crippen molar-refractivity contribution in [3.63, 3.8) is 0 Å². The number of halogens is 1. The molecule has 1 unspecified atom stereocenters. The van der Waals surface area contributed by atoms with Crippen LogP contribution in [0.2, 0.25) is 0 Å². The molecule has 1 atom stereocenters. The van der Waals surface area contributed by atoms with E-state index in [1.807, 2.05) is 13.2 Å². The molecule has 5 nitrogen and oxygen atoms in total. The summed E-state index contributed by atoms with van der Waals surface area (Å²) in [6.07, 6.45) is 2.64. The van der Waals surface area contributed by atoms with Crippen molar-refractivity contribution in [3.8, 4) is 0 Å². The number of furan rings is 1. The zero-order chi connectivity index (χ0) is 13.8. The van der Waals surface area contributed by atoms with Crippen LogP contribution < -0.4 is 4.72 Å². The van der Waals surface area contributed by atoms with E-state index in [1.165, 1.54) is 6.07 Å². The number of aliphatic hydroxyl groups excluding tert-OH is 1. The molecule has 0 aliphatic rings. The van der Waals surface area contributed by atoms with Crippen molar-refractivity contribution in [2.75, 3.05) is 12.0 Å². The van der Waals surface area contributed by atoms with E-state index < -0.39 is 10.0 Å². The monoisotopic (exact) mass is 357 g/mol. The second-order valence-corrected chi connectivity index (χ2v) is 7.00. The molecule has 0 amide bonds. The average Bonchev–Trinajstić information content (AvgIpc) is 2.70. The van der Waals surface area contributed by atoms with Gasteiger partial charge in [0.25, 0.3) is 0 Å². The van der Waals surface area contributed by atoms with E-state index in [0.29, 0.717) is 12.2 Å². The Labute approximate surface area is 120 Å². The molecule has 0 aliphatic carbocycles. The molecule has 0 radical (unpaired) electrons. The van der Waals surface area contributed by atoms with Crippen LogP contribution in [0.5, 0.6) is 0 Å². The van der Waals surface area contributed by atoms with Crippen LogP contribution in [0.1, 0.15) is 19.1 Å². The van der Waals surface area contributed by atoms with E-state index in [1.54, 1.807) is 11.8 Å². The molecule has 1 aromatic heterocycles. The Kier molecular flexibility index (Phi) is 6.19. The third-order valence-corrected chi connectivity index (χ3v) is 5.45. The predicted molar refractivity (Wildman–Crippen MR) is 75.1 cm³/mol. The molecule has 0 spiro atoms. The Balaban J connectivity index is 2.94. The van der Waals surface area contributed by atoms with Gasteiger partial charge in [0, 0.05) is 17.9 Å². The SMILES string of the molecule is CCC(CSC)NS(=O)(=O)c1cc(CO)oc1Br. The zero-order valence-corrected chi connectivity index (χ0v) is 13.4. The minimum Gasteiger partial charge on any atom is -0.450 e. The molecule has 1 aromatic rings. The predicted octanol–water partition coefficient (Wildman–Crippen LogP) is 1.95. The smallest absolute Gasteiger partial charge is 0.245 e. The summed E-state index contributed by atoms with van der Waals surface area (Å²) in [5.74, 6) is 0.915. The van der Waals surface area contributed by atoms with Gasteiger partial charge in [-0.1, -0.05) is 6.92 Å². The number of rotatable bonds is 7. The van der Waals surface area contributed by atoms with Crippen LogP contribution in [0.3, 0.4) is 0 Å². The normalized spacial score (nSPS) is 13.8. The number of hydrogen-bond donors (Lipinski definition) is 2. The van der Waals surface area contributed by atoms with Crippen LogP contribution in [-0.2, 0) is 16.6 Å². The fraction of sp³-hybridized carbons (Fsp3) is 0.600. The van der Waals surface area contributed by atoms with Gasteiger partial charge in [0.2, 0.25) is 10.0 Å². The summed E-state index contributed by atoms with van der Waals surface area (Å²) in [6.45, 7) is 1.59. The summed E-state index contributed by atoms with van der Waals surface area (Å²) in [7, 11) is -3.63. The Bertz CT molecular complexity index is 486. The summed E-state index contributed by atoms with van der Waals surface area (Å²) >= 11 is 4.62. The molecule has 104 valence electrons. The molecule has 1 heterocycles. The number of nitrogens with one attached hydrogen (secondary N) is 1.